The predicted molar refractivity (Wildman–Crippen MR) is 93.5 cm³/mol. The van der Waals surface area contributed by atoms with E-state index in [1.165, 1.54) is 12.1 Å². The lowest BCUT2D eigenvalue weighted by Gasteiger charge is -2.10. The zero-order valence-corrected chi connectivity index (χ0v) is 14.4. The average Bonchev–Trinajstić information content (AvgIpc) is 2.48. The summed E-state index contributed by atoms with van der Waals surface area (Å²) in [7, 11) is 0. The number of hydrogen-bond donors (Lipinski definition) is 1. The third kappa shape index (κ3) is 3.35. The molecule has 0 unspecified atom stereocenters. The van der Waals surface area contributed by atoms with E-state index in [0.717, 1.165) is 4.47 Å². The third-order valence-corrected chi connectivity index (χ3v) is 4.13. The number of anilines is 1. The molecule has 116 valence electrons. The van der Waals surface area contributed by atoms with Gasteiger partial charge in [-0.1, -0.05) is 27.5 Å². The van der Waals surface area contributed by atoms with Gasteiger partial charge in [-0.3, -0.25) is 9.78 Å². The Hall–Kier alpha value is -1.98. The second-order valence-electron chi connectivity index (χ2n) is 5.05. The summed E-state index contributed by atoms with van der Waals surface area (Å²) in [5, 5.41) is 3.79. The second kappa shape index (κ2) is 6.26. The van der Waals surface area contributed by atoms with Crippen LogP contribution >= 0.6 is 27.5 Å². The first-order chi connectivity index (χ1) is 10.9. The van der Waals surface area contributed by atoms with Crippen molar-refractivity contribution in [2.75, 3.05) is 5.32 Å². The molecule has 2 aromatic carbocycles. The maximum absolute atomic E-state index is 13.4. The molecule has 0 saturated carbocycles. The molecule has 1 aromatic heterocycles. The van der Waals surface area contributed by atoms with Gasteiger partial charge in [0.05, 0.1) is 21.8 Å². The Morgan fingerprint density at radius 1 is 1.22 bits per heavy atom. The van der Waals surface area contributed by atoms with Crippen LogP contribution in [0.4, 0.5) is 10.1 Å². The monoisotopic (exact) mass is 392 g/mol. The molecule has 1 N–H and O–H groups in total. The number of fused-ring (bicyclic) bond motifs is 1. The van der Waals surface area contributed by atoms with Crippen LogP contribution < -0.4 is 5.32 Å². The molecule has 1 amide bonds. The van der Waals surface area contributed by atoms with E-state index in [1.807, 2.05) is 0 Å². The number of amides is 1. The number of rotatable bonds is 2. The fourth-order valence-corrected chi connectivity index (χ4v) is 3.02. The zero-order chi connectivity index (χ0) is 16.6. The Morgan fingerprint density at radius 3 is 2.74 bits per heavy atom. The number of pyridine rings is 1. The number of carbonyl (C=O) groups is 1. The van der Waals surface area contributed by atoms with Gasteiger partial charge in [-0.05, 0) is 43.3 Å². The predicted octanol–water partition coefficient (Wildman–Crippen LogP) is 5.35. The van der Waals surface area contributed by atoms with Crippen LogP contribution in [0.25, 0.3) is 10.9 Å². The summed E-state index contributed by atoms with van der Waals surface area (Å²) < 4.78 is 14.2. The third-order valence-electron chi connectivity index (χ3n) is 3.32. The molecule has 0 bridgehead atoms. The molecule has 0 aliphatic carbocycles. The van der Waals surface area contributed by atoms with Crippen LogP contribution in [0.15, 0.2) is 46.9 Å². The van der Waals surface area contributed by atoms with Gasteiger partial charge in [0.25, 0.3) is 5.91 Å². The van der Waals surface area contributed by atoms with Crippen molar-refractivity contribution in [3.05, 3.63) is 69.0 Å². The van der Waals surface area contributed by atoms with Crippen LogP contribution in [-0.4, -0.2) is 10.9 Å². The summed E-state index contributed by atoms with van der Waals surface area (Å²) in [5.74, 6) is -0.714. The minimum Gasteiger partial charge on any atom is -0.321 e. The number of benzene rings is 2. The van der Waals surface area contributed by atoms with Gasteiger partial charge in [-0.25, -0.2) is 4.39 Å². The Morgan fingerprint density at radius 2 is 2.00 bits per heavy atom. The highest BCUT2D eigenvalue weighted by Crippen LogP contribution is 2.27. The smallest absolute Gasteiger partial charge is 0.256 e. The van der Waals surface area contributed by atoms with Crippen LogP contribution in [0, 0.1) is 12.7 Å². The molecule has 0 radical (unpaired) electrons. The largest absolute Gasteiger partial charge is 0.321 e. The fourth-order valence-electron chi connectivity index (χ4n) is 2.30. The highest BCUT2D eigenvalue weighted by atomic mass is 79.9. The normalized spacial score (nSPS) is 10.8. The Bertz CT molecular complexity index is 925. The standard InChI is InChI=1S/C17H11BrClFN2O/c1-9-6-13(12-4-3-11(20)8-16(12)21-9)17(23)22-15-5-2-10(18)7-14(15)19/h2-8H,1H3,(H,22,23). The molecule has 0 spiro atoms. The second-order valence-corrected chi connectivity index (χ2v) is 6.37. The fraction of sp³-hybridized carbons (Fsp3) is 0.0588. The lowest BCUT2D eigenvalue weighted by Crippen LogP contribution is -2.13. The van der Waals surface area contributed by atoms with Crippen LogP contribution in [0.1, 0.15) is 16.1 Å². The number of hydrogen-bond acceptors (Lipinski definition) is 2. The van der Waals surface area contributed by atoms with E-state index < -0.39 is 5.82 Å². The molecule has 23 heavy (non-hydrogen) atoms. The van der Waals surface area contributed by atoms with E-state index in [2.05, 4.69) is 26.2 Å². The lowest BCUT2D eigenvalue weighted by molar-refractivity contribution is 0.102. The molecule has 1 heterocycles. The summed E-state index contributed by atoms with van der Waals surface area (Å²) in [6.45, 7) is 1.76. The van der Waals surface area contributed by atoms with Gasteiger partial charge in [0.15, 0.2) is 0 Å². The molecule has 3 aromatic rings. The molecule has 3 nitrogen and oxygen atoms in total. The minimum absolute atomic E-state index is 0.323. The number of halogens is 3. The minimum atomic E-state index is -0.391. The number of nitrogens with zero attached hydrogens (tertiary/aromatic N) is 1. The highest BCUT2D eigenvalue weighted by molar-refractivity contribution is 9.10. The van der Waals surface area contributed by atoms with Crippen molar-refractivity contribution in [2.45, 2.75) is 6.92 Å². The van der Waals surface area contributed by atoms with Crippen molar-refractivity contribution in [1.82, 2.24) is 4.98 Å². The SMILES string of the molecule is Cc1cc(C(=O)Nc2ccc(Br)cc2Cl)c2ccc(F)cc2n1. The van der Waals surface area contributed by atoms with Gasteiger partial charge in [-0.2, -0.15) is 0 Å². The summed E-state index contributed by atoms with van der Waals surface area (Å²) in [4.78, 5) is 16.9. The number of aromatic nitrogens is 1. The van der Waals surface area contributed by atoms with Gasteiger partial charge in [-0.15, -0.1) is 0 Å². The molecular weight excluding hydrogens is 383 g/mol. The quantitative estimate of drug-likeness (QED) is 0.637. The Labute approximate surface area is 145 Å². The summed E-state index contributed by atoms with van der Waals surface area (Å²) in [6.07, 6.45) is 0. The first-order valence-electron chi connectivity index (χ1n) is 6.77. The first kappa shape index (κ1) is 15.9. The molecule has 0 fully saturated rings. The van der Waals surface area contributed by atoms with E-state index >= 15 is 0 Å². The highest BCUT2D eigenvalue weighted by Gasteiger charge is 2.14. The maximum Gasteiger partial charge on any atom is 0.256 e. The van der Waals surface area contributed by atoms with Crippen LogP contribution in [0.5, 0.6) is 0 Å². The van der Waals surface area contributed by atoms with E-state index in [0.29, 0.717) is 32.9 Å². The Balaban J connectivity index is 2.03. The van der Waals surface area contributed by atoms with Gasteiger partial charge in [0.1, 0.15) is 5.82 Å². The lowest BCUT2D eigenvalue weighted by atomic mass is 10.1. The maximum atomic E-state index is 13.4. The van der Waals surface area contributed by atoms with Crippen LogP contribution in [0.3, 0.4) is 0 Å². The van der Waals surface area contributed by atoms with Crippen molar-refractivity contribution < 1.29 is 9.18 Å². The van der Waals surface area contributed by atoms with E-state index in [1.54, 1.807) is 37.3 Å². The van der Waals surface area contributed by atoms with E-state index in [9.17, 15) is 9.18 Å². The van der Waals surface area contributed by atoms with Gasteiger partial charge < -0.3 is 5.32 Å². The van der Waals surface area contributed by atoms with Gasteiger partial charge >= 0.3 is 0 Å². The molecule has 0 aliphatic heterocycles. The van der Waals surface area contributed by atoms with Crippen LogP contribution in [-0.2, 0) is 0 Å². The van der Waals surface area contributed by atoms with E-state index in [-0.39, 0.29) is 5.91 Å². The molecular formula is C17H11BrClFN2O. The van der Waals surface area contributed by atoms with Crippen molar-refractivity contribution in [2.24, 2.45) is 0 Å². The molecule has 0 aliphatic rings. The topological polar surface area (TPSA) is 42.0 Å². The average molecular weight is 394 g/mol. The summed E-state index contributed by atoms with van der Waals surface area (Å²) >= 11 is 9.44. The first-order valence-corrected chi connectivity index (χ1v) is 7.94. The summed E-state index contributed by atoms with van der Waals surface area (Å²) in [6, 6.07) is 11.0. The van der Waals surface area contributed by atoms with Crippen LogP contribution in [0.2, 0.25) is 5.02 Å². The van der Waals surface area contributed by atoms with Crippen molar-refractivity contribution >= 4 is 50.0 Å². The van der Waals surface area contributed by atoms with Crippen molar-refractivity contribution in [3.8, 4) is 0 Å². The van der Waals surface area contributed by atoms with Gasteiger partial charge in [0.2, 0.25) is 0 Å². The summed E-state index contributed by atoms with van der Waals surface area (Å²) in [5.41, 5.74) is 2.00. The van der Waals surface area contributed by atoms with E-state index in [4.69, 9.17) is 11.6 Å². The number of aryl methyl sites for hydroxylation is 1. The molecule has 6 heteroatoms. The van der Waals surface area contributed by atoms with Crippen molar-refractivity contribution in [1.29, 1.82) is 0 Å². The molecule has 0 atom stereocenters. The Kier molecular flexibility index (Phi) is 4.33. The number of carbonyl (C=O) groups excluding carboxylic acids is 1. The molecule has 0 saturated heterocycles. The number of nitrogens with one attached hydrogen (secondary N) is 1. The zero-order valence-electron chi connectivity index (χ0n) is 12.0. The van der Waals surface area contributed by atoms with Crippen molar-refractivity contribution in [3.63, 3.8) is 0 Å². The molecule has 3 rings (SSSR count). The van der Waals surface area contributed by atoms with Gasteiger partial charge in [0, 0.05) is 21.6 Å².